The van der Waals surface area contributed by atoms with Gasteiger partial charge < -0.3 is 14.8 Å². The van der Waals surface area contributed by atoms with Crippen molar-refractivity contribution in [1.29, 1.82) is 5.26 Å². The lowest BCUT2D eigenvalue weighted by Gasteiger charge is -2.16. The Morgan fingerprint density at radius 1 is 1.52 bits per heavy atom. The number of ether oxygens (including phenoxy) is 2. The van der Waals surface area contributed by atoms with Crippen molar-refractivity contribution in [3.63, 3.8) is 0 Å². The molecule has 0 aromatic heterocycles. The van der Waals surface area contributed by atoms with Gasteiger partial charge in [-0.15, -0.1) is 0 Å². The van der Waals surface area contributed by atoms with Gasteiger partial charge in [0.2, 0.25) is 0 Å². The summed E-state index contributed by atoms with van der Waals surface area (Å²) in [7, 11) is 0. The van der Waals surface area contributed by atoms with Gasteiger partial charge in [0.05, 0.1) is 11.6 Å². The van der Waals surface area contributed by atoms with E-state index in [1.165, 1.54) is 6.92 Å². The van der Waals surface area contributed by atoms with Gasteiger partial charge in [0.25, 0.3) is 5.91 Å². The zero-order valence-electron chi connectivity index (χ0n) is 11.7. The highest BCUT2D eigenvalue weighted by Gasteiger charge is 2.28. The molecule has 1 amide bonds. The van der Waals surface area contributed by atoms with Crippen molar-refractivity contribution in [3.8, 4) is 6.07 Å². The van der Waals surface area contributed by atoms with Crippen LogP contribution < -0.4 is 5.32 Å². The summed E-state index contributed by atoms with van der Waals surface area (Å²) in [6, 6.07) is 8.49. The number of nitrogens with zero attached hydrogens (tertiary/aromatic N) is 1. The number of esters is 1. The third-order valence-corrected chi connectivity index (χ3v) is 3.11. The number of benzene rings is 1. The number of rotatable bonds is 4. The third-order valence-electron chi connectivity index (χ3n) is 3.11. The van der Waals surface area contributed by atoms with Crippen LogP contribution >= 0.6 is 0 Å². The molecule has 6 heteroatoms. The first-order valence-corrected chi connectivity index (χ1v) is 6.73. The molecule has 1 aliphatic rings. The lowest BCUT2D eigenvalue weighted by atomic mass is 10.2. The molecule has 2 atom stereocenters. The lowest BCUT2D eigenvalue weighted by molar-refractivity contribution is -0.162. The van der Waals surface area contributed by atoms with Gasteiger partial charge in [-0.1, -0.05) is 6.07 Å². The minimum absolute atomic E-state index is 0.441. The number of hydrogen-bond donors (Lipinski definition) is 1. The summed E-state index contributed by atoms with van der Waals surface area (Å²) in [6.07, 6.45) is -0.0480. The maximum absolute atomic E-state index is 12.0. The van der Waals surface area contributed by atoms with Crippen LogP contribution in [0, 0.1) is 11.3 Å². The van der Waals surface area contributed by atoms with E-state index < -0.39 is 24.1 Å². The minimum Gasteiger partial charge on any atom is -0.451 e. The van der Waals surface area contributed by atoms with Crippen molar-refractivity contribution in [3.05, 3.63) is 29.8 Å². The molecule has 1 aromatic rings. The molecule has 1 N–H and O–H groups in total. The second-order valence-electron chi connectivity index (χ2n) is 4.76. The highest BCUT2D eigenvalue weighted by Crippen LogP contribution is 2.15. The third kappa shape index (κ3) is 4.04. The predicted octanol–water partition coefficient (Wildman–Crippen LogP) is 1.61. The van der Waals surface area contributed by atoms with Crippen molar-refractivity contribution < 1.29 is 19.1 Å². The van der Waals surface area contributed by atoms with Gasteiger partial charge in [-0.05, 0) is 38.0 Å². The molecule has 21 heavy (non-hydrogen) atoms. The first-order valence-electron chi connectivity index (χ1n) is 6.73. The largest absolute Gasteiger partial charge is 0.451 e. The van der Waals surface area contributed by atoms with Gasteiger partial charge in [-0.25, -0.2) is 4.79 Å². The first kappa shape index (κ1) is 15.0. The quantitative estimate of drug-likeness (QED) is 0.850. The predicted molar refractivity (Wildman–Crippen MR) is 74.3 cm³/mol. The summed E-state index contributed by atoms with van der Waals surface area (Å²) in [5.41, 5.74) is 0.927. The topological polar surface area (TPSA) is 88.4 Å². The van der Waals surface area contributed by atoms with Crippen LogP contribution in [0.25, 0.3) is 0 Å². The summed E-state index contributed by atoms with van der Waals surface area (Å²) < 4.78 is 10.3. The van der Waals surface area contributed by atoms with Crippen LogP contribution in [-0.4, -0.2) is 30.7 Å². The molecule has 0 spiro atoms. The summed E-state index contributed by atoms with van der Waals surface area (Å²) in [4.78, 5) is 23.7. The van der Waals surface area contributed by atoms with Crippen molar-refractivity contribution in [2.24, 2.45) is 0 Å². The maximum Gasteiger partial charge on any atom is 0.336 e. The minimum atomic E-state index is -0.924. The number of carbonyl (C=O) groups is 2. The molecule has 0 unspecified atom stereocenters. The molecule has 0 radical (unpaired) electrons. The van der Waals surface area contributed by atoms with Crippen LogP contribution in [0.5, 0.6) is 0 Å². The van der Waals surface area contributed by atoms with E-state index in [1.807, 2.05) is 6.07 Å². The Morgan fingerprint density at radius 3 is 3.00 bits per heavy atom. The van der Waals surface area contributed by atoms with Gasteiger partial charge in [-0.3, -0.25) is 4.79 Å². The number of hydrogen-bond acceptors (Lipinski definition) is 5. The summed E-state index contributed by atoms with van der Waals surface area (Å²) in [5.74, 6) is -0.961. The molecule has 110 valence electrons. The lowest BCUT2D eigenvalue weighted by Crippen LogP contribution is -2.34. The van der Waals surface area contributed by atoms with Gasteiger partial charge in [0, 0.05) is 12.3 Å². The molecule has 1 aliphatic heterocycles. The van der Waals surface area contributed by atoms with Gasteiger partial charge in [0.1, 0.15) is 0 Å². The van der Waals surface area contributed by atoms with Crippen LogP contribution in [0.3, 0.4) is 0 Å². The zero-order valence-corrected chi connectivity index (χ0v) is 11.7. The van der Waals surface area contributed by atoms with Gasteiger partial charge in [-0.2, -0.15) is 5.26 Å². The molecule has 1 saturated heterocycles. The molecular weight excluding hydrogens is 272 g/mol. The Balaban J connectivity index is 1.90. The Hall–Kier alpha value is -2.39. The van der Waals surface area contributed by atoms with Crippen LogP contribution in [0.1, 0.15) is 25.3 Å². The standard InChI is InChI=1S/C15H16N2O4/c1-10(21-15(19)13-6-3-7-20-13)14(18)17-12-5-2-4-11(8-12)9-16/h2,4-5,8,10,13H,3,6-7H2,1H3,(H,17,18)/t10-,13+/m1/s1. The molecular formula is C15H16N2O4. The van der Waals surface area contributed by atoms with Crippen molar-refractivity contribution >= 4 is 17.6 Å². The number of carbonyl (C=O) groups excluding carboxylic acids is 2. The molecule has 1 fully saturated rings. The molecule has 1 aromatic carbocycles. The summed E-state index contributed by atoms with van der Waals surface area (Å²) in [6.45, 7) is 2.04. The van der Waals surface area contributed by atoms with Crippen molar-refractivity contribution in [1.82, 2.24) is 0 Å². The Kier molecular flexibility index (Phi) is 4.90. The Morgan fingerprint density at radius 2 is 2.33 bits per heavy atom. The second-order valence-corrected chi connectivity index (χ2v) is 4.76. The molecule has 0 bridgehead atoms. The summed E-state index contributed by atoms with van der Waals surface area (Å²) in [5, 5.41) is 11.4. The number of nitrogens with one attached hydrogen (secondary N) is 1. The molecule has 6 nitrogen and oxygen atoms in total. The normalized spacial score (nSPS) is 18.6. The zero-order chi connectivity index (χ0) is 15.2. The first-order chi connectivity index (χ1) is 10.1. The molecule has 0 saturated carbocycles. The average Bonchev–Trinajstić information content (AvgIpc) is 3.01. The van der Waals surface area contributed by atoms with Gasteiger partial charge in [0.15, 0.2) is 12.2 Å². The van der Waals surface area contributed by atoms with E-state index in [2.05, 4.69) is 5.32 Å². The fraction of sp³-hybridized carbons (Fsp3) is 0.400. The van der Waals surface area contributed by atoms with Gasteiger partial charge >= 0.3 is 5.97 Å². The summed E-state index contributed by atoms with van der Waals surface area (Å²) >= 11 is 0. The van der Waals surface area contributed by atoms with E-state index in [-0.39, 0.29) is 0 Å². The van der Waals surface area contributed by atoms with Crippen molar-refractivity contribution in [2.45, 2.75) is 32.0 Å². The van der Waals surface area contributed by atoms with E-state index >= 15 is 0 Å². The van der Waals surface area contributed by atoms with Crippen LogP contribution in [0.2, 0.25) is 0 Å². The number of anilines is 1. The number of amides is 1. The number of nitriles is 1. The SMILES string of the molecule is C[C@@H](OC(=O)[C@@H]1CCCO1)C(=O)Nc1cccc(C#N)c1. The van der Waals surface area contributed by atoms with E-state index in [0.29, 0.717) is 24.3 Å². The monoisotopic (exact) mass is 288 g/mol. The van der Waals surface area contributed by atoms with Crippen LogP contribution in [0.15, 0.2) is 24.3 Å². The van der Waals surface area contributed by atoms with Crippen molar-refractivity contribution in [2.75, 3.05) is 11.9 Å². The average molecular weight is 288 g/mol. The highest BCUT2D eigenvalue weighted by atomic mass is 16.6. The Bertz CT molecular complexity index is 573. The van der Waals surface area contributed by atoms with E-state index in [0.717, 1.165) is 6.42 Å². The molecule has 1 heterocycles. The van der Waals surface area contributed by atoms with Crippen LogP contribution in [-0.2, 0) is 19.1 Å². The Labute approximate surface area is 122 Å². The smallest absolute Gasteiger partial charge is 0.336 e. The second kappa shape index (κ2) is 6.86. The maximum atomic E-state index is 12.0. The van der Waals surface area contributed by atoms with E-state index in [1.54, 1.807) is 24.3 Å². The van der Waals surface area contributed by atoms with E-state index in [9.17, 15) is 9.59 Å². The molecule has 0 aliphatic carbocycles. The molecule has 2 rings (SSSR count). The fourth-order valence-electron chi connectivity index (χ4n) is 1.98. The fourth-order valence-corrected chi connectivity index (χ4v) is 1.98. The van der Waals surface area contributed by atoms with Crippen LogP contribution in [0.4, 0.5) is 5.69 Å². The van der Waals surface area contributed by atoms with E-state index in [4.69, 9.17) is 14.7 Å². The highest BCUT2D eigenvalue weighted by molar-refractivity contribution is 5.95.